The van der Waals surface area contributed by atoms with Gasteiger partial charge in [0, 0.05) is 18.6 Å². The highest BCUT2D eigenvalue weighted by atomic mass is 16.5. The van der Waals surface area contributed by atoms with Crippen molar-refractivity contribution >= 4 is 11.6 Å². The van der Waals surface area contributed by atoms with Crippen LogP contribution in [0.1, 0.15) is 103 Å². The van der Waals surface area contributed by atoms with E-state index in [4.69, 9.17) is 14.2 Å². The van der Waals surface area contributed by atoms with Gasteiger partial charge in [0.05, 0.1) is 21.3 Å². The van der Waals surface area contributed by atoms with Gasteiger partial charge < -0.3 is 19.5 Å². The van der Waals surface area contributed by atoms with E-state index >= 15 is 0 Å². The zero-order valence-electron chi connectivity index (χ0n) is 22.8. The third-order valence-electron chi connectivity index (χ3n) is 6.33. The zero-order valence-corrected chi connectivity index (χ0v) is 22.8. The number of methoxy groups -OCH3 is 3. The van der Waals surface area contributed by atoms with Crippen LogP contribution in [0.2, 0.25) is 0 Å². The fourth-order valence-corrected chi connectivity index (χ4v) is 4.22. The molecule has 202 valence electrons. The smallest absolute Gasteiger partial charge is 0.251 e. The van der Waals surface area contributed by atoms with Crippen LogP contribution < -0.4 is 19.5 Å². The first-order valence-corrected chi connectivity index (χ1v) is 13.5. The van der Waals surface area contributed by atoms with Crippen molar-refractivity contribution in [1.82, 2.24) is 20.2 Å². The number of nitrogens with one attached hydrogen (secondary N) is 1. The highest BCUT2D eigenvalue weighted by molar-refractivity contribution is 5.96. The molecule has 0 bridgehead atoms. The summed E-state index contributed by atoms with van der Waals surface area (Å²) in [7, 11) is 4.63. The van der Waals surface area contributed by atoms with Crippen molar-refractivity contribution in [2.75, 3.05) is 26.6 Å². The Bertz CT molecular complexity index is 877. The van der Waals surface area contributed by atoms with Crippen LogP contribution >= 0.6 is 0 Å². The van der Waals surface area contributed by atoms with Crippen molar-refractivity contribution < 1.29 is 19.0 Å². The Kier molecular flexibility index (Phi) is 13.7. The minimum Gasteiger partial charge on any atom is -0.496 e. The van der Waals surface area contributed by atoms with Crippen LogP contribution in [0.15, 0.2) is 12.1 Å². The monoisotopic (exact) mass is 503 g/mol. The predicted octanol–water partition coefficient (Wildman–Crippen LogP) is 6.14. The van der Waals surface area contributed by atoms with Crippen LogP contribution in [0.4, 0.5) is 5.69 Å². The zero-order chi connectivity index (χ0) is 26.2. The Balaban J connectivity index is 1.91. The van der Waals surface area contributed by atoms with Gasteiger partial charge >= 0.3 is 0 Å². The van der Waals surface area contributed by atoms with E-state index in [0.29, 0.717) is 35.2 Å². The molecule has 1 aromatic carbocycles. The number of unbranched alkanes of at least 4 members (excludes halogenated alkanes) is 9. The number of aromatic nitrogens is 4. The Morgan fingerprint density at radius 1 is 0.861 bits per heavy atom. The second-order valence-corrected chi connectivity index (χ2v) is 9.16. The Hall–Kier alpha value is -2.84. The summed E-state index contributed by atoms with van der Waals surface area (Å²) in [5.74, 6) is 1.90. The minimum atomic E-state index is -0.583. The van der Waals surface area contributed by atoms with Crippen LogP contribution in [-0.2, 0) is 11.2 Å². The molecular formula is C27H45N5O4. The molecule has 1 atom stereocenters. The number of hydrogen-bond donors (Lipinski definition) is 1. The molecule has 0 fully saturated rings. The lowest BCUT2D eigenvalue weighted by molar-refractivity contribution is -0.120. The van der Waals surface area contributed by atoms with Gasteiger partial charge in [0.15, 0.2) is 11.9 Å². The molecule has 1 unspecified atom stereocenters. The van der Waals surface area contributed by atoms with E-state index < -0.39 is 6.04 Å². The molecule has 1 N–H and O–H groups in total. The normalized spacial score (nSPS) is 11.8. The SMILES string of the molecule is CCCCCCCCCCCCc1nnn(C(CCC)C(=O)Nc2c(OC)cc(OC)cc2OC)n1. The molecule has 2 rings (SSSR count). The molecule has 0 saturated heterocycles. The Morgan fingerprint density at radius 2 is 1.44 bits per heavy atom. The first kappa shape index (κ1) is 29.4. The van der Waals surface area contributed by atoms with E-state index in [-0.39, 0.29) is 5.91 Å². The average molecular weight is 504 g/mol. The number of anilines is 1. The molecule has 2 aromatic rings. The molecule has 0 aliphatic carbocycles. The molecule has 0 spiro atoms. The number of tetrazole rings is 1. The van der Waals surface area contributed by atoms with Crippen LogP contribution in [0.5, 0.6) is 17.2 Å². The topological polar surface area (TPSA) is 100 Å². The molecule has 0 radical (unpaired) electrons. The molecular weight excluding hydrogens is 458 g/mol. The highest BCUT2D eigenvalue weighted by Crippen LogP contribution is 2.39. The average Bonchev–Trinajstić information content (AvgIpc) is 3.36. The van der Waals surface area contributed by atoms with E-state index in [0.717, 1.165) is 19.3 Å². The summed E-state index contributed by atoms with van der Waals surface area (Å²) in [6, 6.07) is 2.82. The number of amides is 1. The van der Waals surface area contributed by atoms with Gasteiger partial charge in [-0.25, -0.2) is 0 Å². The lowest BCUT2D eigenvalue weighted by Crippen LogP contribution is -2.28. The van der Waals surface area contributed by atoms with Crippen molar-refractivity contribution in [3.63, 3.8) is 0 Å². The molecule has 9 heteroatoms. The number of carbonyl (C=O) groups is 1. The molecule has 9 nitrogen and oxygen atoms in total. The van der Waals surface area contributed by atoms with E-state index in [1.165, 1.54) is 76.8 Å². The summed E-state index contributed by atoms with van der Waals surface area (Å²) in [6.07, 6.45) is 15.0. The minimum absolute atomic E-state index is 0.249. The van der Waals surface area contributed by atoms with Crippen LogP contribution in [0, 0.1) is 0 Å². The lowest BCUT2D eigenvalue weighted by Gasteiger charge is -2.19. The number of nitrogens with zero attached hydrogens (tertiary/aromatic N) is 4. The van der Waals surface area contributed by atoms with E-state index in [2.05, 4.69) is 27.7 Å². The van der Waals surface area contributed by atoms with Gasteiger partial charge in [0.2, 0.25) is 0 Å². The second-order valence-electron chi connectivity index (χ2n) is 9.16. The number of hydrogen-bond acceptors (Lipinski definition) is 7. The van der Waals surface area contributed by atoms with Crippen LogP contribution in [0.3, 0.4) is 0 Å². The fourth-order valence-electron chi connectivity index (χ4n) is 4.22. The van der Waals surface area contributed by atoms with Gasteiger partial charge in [0.25, 0.3) is 5.91 Å². The van der Waals surface area contributed by atoms with Crippen LogP contribution in [0.25, 0.3) is 0 Å². The standard InChI is InChI=1S/C27H45N5O4/c1-6-8-9-10-11-12-13-14-15-16-18-25-29-31-32(30-25)22(17-7-2)27(33)28-26-23(35-4)19-21(34-3)20-24(26)36-5/h19-20,22H,6-18H2,1-5H3,(H,28,33). The Morgan fingerprint density at radius 3 is 1.97 bits per heavy atom. The van der Waals surface area contributed by atoms with E-state index in [1.54, 1.807) is 19.2 Å². The summed E-state index contributed by atoms with van der Waals surface area (Å²) < 4.78 is 16.2. The molecule has 1 amide bonds. The van der Waals surface area contributed by atoms with Gasteiger partial charge in [0.1, 0.15) is 22.9 Å². The summed E-state index contributed by atoms with van der Waals surface area (Å²) in [6.45, 7) is 4.28. The van der Waals surface area contributed by atoms with Gasteiger partial charge in [-0.2, -0.15) is 4.80 Å². The third-order valence-corrected chi connectivity index (χ3v) is 6.33. The maximum Gasteiger partial charge on any atom is 0.251 e. The number of ether oxygens (including phenoxy) is 3. The maximum atomic E-state index is 13.3. The van der Waals surface area contributed by atoms with Gasteiger partial charge in [-0.1, -0.05) is 78.1 Å². The first-order valence-electron chi connectivity index (χ1n) is 13.5. The van der Waals surface area contributed by atoms with Gasteiger partial charge in [-0.05, 0) is 18.1 Å². The fraction of sp³-hybridized carbons (Fsp3) is 0.704. The summed E-state index contributed by atoms with van der Waals surface area (Å²) in [5.41, 5.74) is 0.442. The molecule has 36 heavy (non-hydrogen) atoms. The van der Waals surface area contributed by atoms with Gasteiger partial charge in [-0.3, -0.25) is 4.79 Å². The van der Waals surface area contributed by atoms with E-state index in [9.17, 15) is 4.79 Å². The largest absolute Gasteiger partial charge is 0.496 e. The van der Waals surface area contributed by atoms with Gasteiger partial charge in [-0.15, -0.1) is 10.2 Å². The van der Waals surface area contributed by atoms with Crippen molar-refractivity contribution in [3.05, 3.63) is 18.0 Å². The van der Waals surface area contributed by atoms with Crippen molar-refractivity contribution in [2.45, 2.75) is 103 Å². The predicted molar refractivity (Wildman–Crippen MR) is 142 cm³/mol. The quantitative estimate of drug-likeness (QED) is 0.230. The second kappa shape index (κ2) is 16.8. The van der Waals surface area contributed by atoms with Crippen molar-refractivity contribution in [2.24, 2.45) is 0 Å². The molecule has 0 saturated carbocycles. The van der Waals surface area contributed by atoms with Crippen molar-refractivity contribution in [3.8, 4) is 17.2 Å². The number of aryl methyl sites for hydroxylation is 1. The number of carbonyl (C=O) groups excluding carboxylic acids is 1. The summed E-state index contributed by atoms with van der Waals surface area (Å²) in [5, 5.41) is 15.9. The summed E-state index contributed by atoms with van der Waals surface area (Å²) >= 11 is 0. The molecule has 1 heterocycles. The maximum absolute atomic E-state index is 13.3. The van der Waals surface area contributed by atoms with Crippen LogP contribution in [-0.4, -0.2) is 47.4 Å². The third kappa shape index (κ3) is 9.32. The number of rotatable bonds is 19. The first-order chi connectivity index (χ1) is 17.6. The van der Waals surface area contributed by atoms with E-state index in [1.807, 2.05) is 6.92 Å². The molecule has 0 aliphatic heterocycles. The molecule has 1 aromatic heterocycles. The Labute approximate surface area is 216 Å². The lowest BCUT2D eigenvalue weighted by atomic mass is 10.1. The summed E-state index contributed by atoms with van der Waals surface area (Å²) in [4.78, 5) is 14.7. The number of benzene rings is 1. The highest BCUT2D eigenvalue weighted by Gasteiger charge is 2.25. The van der Waals surface area contributed by atoms with Crippen molar-refractivity contribution in [1.29, 1.82) is 0 Å². The molecule has 0 aliphatic rings.